The predicted molar refractivity (Wildman–Crippen MR) is 76.3 cm³/mol. The number of rotatable bonds is 1. The average Bonchev–Trinajstić information content (AvgIpc) is 2.77. The SMILES string of the molecule is CC1CN(c2ccc3c(c2)OCCCO3)CCCN1. The predicted octanol–water partition coefficient (Wildman–Crippen LogP) is 2.04. The van der Waals surface area contributed by atoms with E-state index in [1.54, 1.807) is 0 Å². The van der Waals surface area contributed by atoms with Crippen LogP contribution in [0.4, 0.5) is 5.69 Å². The molecule has 104 valence electrons. The molecule has 2 aliphatic rings. The second-order valence-corrected chi connectivity index (χ2v) is 5.34. The molecule has 1 fully saturated rings. The zero-order chi connectivity index (χ0) is 13.1. The lowest BCUT2D eigenvalue weighted by Gasteiger charge is -2.25. The third-order valence-corrected chi connectivity index (χ3v) is 3.69. The fraction of sp³-hybridized carbons (Fsp3) is 0.600. The highest BCUT2D eigenvalue weighted by atomic mass is 16.5. The topological polar surface area (TPSA) is 33.7 Å². The smallest absolute Gasteiger partial charge is 0.163 e. The fourth-order valence-corrected chi connectivity index (χ4v) is 2.69. The second kappa shape index (κ2) is 5.70. The van der Waals surface area contributed by atoms with Crippen molar-refractivity contribution >= 4 is 5.69 Å². The Morgan fingerprint density at radius 2 is 2.00 bits per heavy atom. The Bertz CT molecular complexity index is 436. The number of hydrogen-bond acceptors (Lipinski definition) is 4. The Morgan fingerprint density at radius 3 is 2.89 bits per heavy atom. The number of hydrogen-bond donors (Lipinski definition) is 1. The molecule has 0 amide bonds. The molecule has 19 heavy (non-hydrogen) atoms. The van der Waals surface area contributed by atoms with Crippen LogP contribution >= 0.6 is 0 Å². The maximum atomic E-state index is 5.77. The Hall–Kier alpha value is -1.42. The van der Waals surface area contributed by atoms with Gasteiger partial charge in [0.2, 0.25) is 0 Å². The molecule has 0 saturated carbocycles. The average molecular weight is 262 g/mol. The summed E-state index contributed by atoms with van der Waals surface area (Å²) in [6.45, 7) is 6.96. The van der Waals surface area contributed by atoms with E-state index in [2.05, 4.69) is 29.3 Å². The number of ether oxygens (including phenoxy) is 2. The van der Waals surface area contributed by atoms with Gasteiger partial charge < -0.3 is 19.7 Å². The van der Waals surface area contributed by atoms with Crippen LogP contribution in [0.2, 0.25) is 0 Å². The van der Waals surface area contributed by atoms with Crippen molar-refractivity contribution in [1.29, 1.82) is 0 Å². The van der Waals surface area contributed by atoms with Crippen molar-refractivity contribution in [2.45, 2.75) is 25.8 Å². The molecule has 1 N–H and O–H groups in total. The molecule has 1 aromatic carbocycles. The molecule has 1 unspecified atom stereocenters. The van der Waals surface area contributed by atoms with E-state index in [0.717, 1.165) is 50.8 Å². The molecule has 4 nitrogen and oxygen atoms in total. The van der Waals surface area contributed by atoms with E-state index in [1.165, 1.54) is 12.1 Å². The van der Waals surface area contributed by atoms with E-state index < -0.39 is 0 Å². The summed E-state index contributed by atoms with van der Waals surface area (Å²) in [5.41, 5.74) is 1.24. The van der Waals surface area contributed by atoms with E-state index in [4.69, 9.17) is 9.47 Å². The lowest BCUT2D eigenvalue weighted by Crippen LogP contribution is -2.35. The van der Waals surface area contributed by atoms with Gasteiger partial charge in [0.15, 0.2) is 11.5 Å². The van der Waals surface area contributed by atoms with Crippen LogP contribution in [0.25, 0.3) is 0 Å². The Labute approximate surface area is 114 Å². The molecular weight excluding hydrogens is 240 g/mol. The first-order valence-electron chi connectivity index (χ1n) is 7.21. The van der Waals surface area contributed by atoms with E-state index in [-0.39, 0.29) is 0 Å². The zero-order valence-corrected chi connectivity index (χ0v) is 11.5. The van der Waals surface area contributed by atoms with E-state index in [9.17, 15) is 0 Å². The van der Waals surface area contributed by atoms with E-state index in [0.29, 0.717) is 6.04 Å². The third kappa shape index (κ3) is 2.95. The second-order valence-electron chi connectivity index (χ2n) is 5.34. The molecule has 2 aliphatic heterocycles. The fourth-order valence-electron chi connectivity index (χ4n) is 2.69. The number of fused-ring (bicyclic) bond motifs is 1. The van der Waals surface area contributed by atoms with E-state index in [1.807, 2.05) is 6.07 Å². The summed E-state index contributed by atoms with van der Waals surface area (Å²) in [7, 11) is 0. The maximum Gasteiger partial charge on any atom is 0.163 e. The highest BCUT2D eigenvalue weighted by Crippen LogP contribution is 2.33. The summed E-state index contributed by atoms with van der Waals surface area (Å²) in [4.78, 5) is 2.43. The van der Waals surface area contributed by atoms with Crippen LogP contribution in [0.3, 0.4) is 0 Å². The Kier molecular flexibility index (Phi) is 3.78. The van der Waals surface area contributed by atoms with Gasteiger partial charge >= 0.3 is 0 Å². The number of nitrogens with zero attached hydrogens (tertiary/aromatic N) is 1. The molecule has 0 bridgehead atoms. The van der Waals surface area contributed by atoms with Gasteiger partial charge in [-0.05, 0) is 32.0 Å². The van der Waals surface area contributed by atoms with Crippen LogP contribution in [0, 0.1) is 0 Å². The minimum Gasteiger partial charge on any atom is -0.490 e. The molecule has 0 spiro atoms. The molecular formula is C15H22N2O2. The summed E-state index contributed by atoms with van der Waals surface area (Å²) in [6.07, 6.45) is 2.13. The van der Waals surface area contributed by atoms with Gasteiger partial charge in [0.25, 0.3) is 0 Å². The largest absolute Gasteiger partial charge is 0.490 e. The van der Waals surface area contributed by atoms with Crippen LogP contribution in [0.5, 0.6) is 11.5 Å². The van der Waals surface area contributed by atoms with Crippen molar-refractivity contribution in [2.75, 3.05) is 37.7 Å². The van der Waals surface area contributed by atoms with Crippen molar-refractivity contribution in [3.8, 4) is 11.5 Å². The summed E-state index contributed by atoms with van der Waals surface area (Å²) in [5.74, 6) is 1.77. The van der Waals surface area contributed by atoms with Crippen LogP contribution in [-0.2, 0) is 0 Å². The van der Waals surface area contributed by atoms with Crippen LogP contribution < -0.4 is 19.7 Å². The zero-order valence-electron chi connectivity index (χ0n) is 11.5. The molecule has 3 rings (SSSR count). The number of nitrogens with one attached hydrogen (secondary N) is 1. The first-order chi connectivity index (χ1) is 9.33. The summed E-state index contributed by atoms with van der Waals surface area (Å²) in [5, 5.41) is 3.52. The minimum absolute atomic E-state index is 0.526. The van der Waals surface area contributed by atoms with Gasteiger partial charge in [0.05, 0.1) is 13.2 Å². The molecule has 2 heterocycles. The van der Waals surface area contributed by atoms with Crippen molar-refractivity contribution < 1.29 is 9.47 Å². The lowest BCUT2D eigenvalue weighted by atomic mass is 10.2. The first-order valence-corrected chi connectivity index (χ1v) is 7.21. The minimum atomic E-state index is 0.526. The van der Waals surface area contributed by atoms with Gasteiger partial charge in [-0.25, -0.2) is 0 Å². The van der Waals surface area contributed by atoms with Crippen LogP contribution in [-0.4, -0.2) is 38.9 Å². The summed E-state index contributed by atoms with van der Waals surface area (Å²) in [6, 6.07) is 6.84. The van der Waals surface area contributed by atoms with Crippen molar-refractivity contribution in [2.24, 2.45) is 0 Å². The molecule has 0 radical (unpaired) electrons. The number of benzene rings is 1. The van der Waals surface area contributed by atoms with Gasteiger partial charge in [-0.2, -0.15) is 0 Å². The van der Waals surface area contributed by atoms with Crippen LogP contribution in [0.1, 0.15) is 19.8 Å². The lowest BCUT2D eigenvalue weighted by molar-refractivity contribution is 0.297. The van der Waals surface area contributed by atoms with Gasteiger partial charge in [-0.3, -0.25) is 0 Å². The normalized spacial score (nSPS) is 23.6. The van der Waals surface area contributed by atoms with Crippen LogP contribution in [0.15, 0.2) is 18.2 Å². The van der Waals surface area contributed by atoms with Gasteiger partial charge in [-0.1, -0.05) is 0 Å². The summed E-state index contributed by atoms with van der Waals surface area (Å²) < 4.78 is 11.5. The van der Waals surface area contributed by atoms with Crippen molar-refractivity contribution in [3.63, 3.8) is 0 Å². The molecule has 1 saturated heterocycles. The monoisotopic (exact) mass is 262 g/mol. The molecule has 1 atom stereocenters. The Morgan fingerprint density at radius 1 is 1.16 bits per heavy atom. The maximum absolute atomic E-state index is 5.77. The van der Waals surface area contributed by atoms with Gasteiger partial charge in [0.1, 0.15) is 0 Å². The molecule has 4 heteroatoms. The van der Waals surface area contributed by atoms with Gasteiger partial charge in [-0.15, -0.1) is 0 Å². The summed E-state index contributed by atoms with van der Waals surface area (Å²) >= 11 is 0. The quantitative estimate of drug-likeness (QED) is 0.839. The number of anilines is 1. The van der Waals surface area contributed by atoms with Gasteiger partial charge in [0, 0.05) is 37.3 Å². The van der Waals surface area contributed by atoms with Crippen molar-refractivity contribution in [3.05, 3.63) is 18.2 Å². The highest BCUT2D eigenvalue weighted by Gasteiger charge is 2.17. The first kappa shape index (κ1) is 12.6. The van der Waals surface area contributed by atoms with Crippen molar-refractivity contribution in [1.82, 2.24) is 5.32 Å². The standard InChI is InChI=1S/C15H22N2O2/c1-12-11-17(7-2-6-16-12)13-4-5-14-15(10-13)19-9-3-8-18-14/h4-5,10,12,16H,2-3,6-9,11H2,1H3. The third-order valence-electron chi connectivity index (χ3n) is 3.69. The molecule has 1 aromatic rings. The molecule has 0 aromatic heterocycles. The molecule has 0 aliphatic carbocycles. The Balaban J connectivity index is 1.82. The highest BCUT2D eigenvalue weighted by molar-refractivity contribution is 5.56. The van der Waals surface area contributed by atoms with E-state index >= 15 is 0 Å².